The highest BCUT2D eigenvalue weighted by molar-refractivity contribution is 7.92. The number of H-pyrrole nitrogens is 1. The molecule has 0 spiro atoms. The molecule has 10 heteroatoms. The highest BCUT2D eigenvalue weighted by Gasteiger charge is 2.26. The summed E-state index contributed by atoms with van der Waals surface area (Å²) >= 11 is 6.06. The smallest absolute Gasteiger partial charge is 0.232 e. The van der Waals surface area contributed by atoms with Crippen molar-refractivity contribution >= 4 is 44.1 Å². The number of hydrogen-bond donors (Lipinski definition) is 2. The SMILES string of the molecule is CCCS(=O)(=O)Nc1ccc(F)c(C(=O)c2c[nH]c3ncc(-c4cccc(Cl)c4)cc23)c1F. The molecule has 2 N–H and O–H groups in total. The number of sulfonamides is 1. The molecule has 0 bridgehead atoms. The summed E-state index contributed by atoms with van der Waals surface area (Å²) in [5, 5.41) is 0.873. The number of aromatic nitrogens is 2. The van der Waals surface area contributed by atoms with E-state index < -0.39 is 38.7 Å². The summed E-state index contributed by atoms with van der Waals surface area (Å²) in [5.41, 5.74) is 0.394. The van der Waals surface area contributed by atoms with Gasteiger partial charge < -0.3 is 4.98 Å². The molecule has 0 amide bonds. The third kappa shape index (κ3) is 4.60. The van der Waals surface area contributed by atoms with E-state index in [1.807, 2.05) is 6.07 Å². The zero-order valence-electron chi connectivity index (χ0n) is 17.3. The summed E-state index contributed by atoms with van der Waals surface area (Å²) in [6.07, 6.45) is 3.21. The number of nitrogens with one attached hydrogen (secondary N) is 2. The van der Waals surface area contributed by atoms with Gasteiger partial charge in [-0.1, -0.05) is 30.7 Å². The zero-order chi connectivity index (χ0) is 23.8. The van der Waals surface area contributed by atoms with Crippen LogP contribution in [0.4, 0.5) is 14.5 Å². The van der Waals surface area contributed by atoms with Gasteiger partial charge >= 0.3 is 0 Å². The first-order chi connectivity index (χ1) is 15.7. The molecule has 0 aliphatic carbocycles. The Labute approximate surface area is 193 Å². The molecular formula is C23H18ClF2N3O3S. The Bertz CT molecular complexity index is 1490. The molecule has 4 rings (SSSR count). The molecule has 0 saturated heterocycles. The number of pyridine rings is 1. The van der Waals surface area contributed by atoms with E-state index in [1.54, 1.807) is 37.4 Å². The number of aromatic amines is 1. The van der Waals surface area contributed by atoms with E-state index in [0.717, 1.165) is 17.7 Å². The van der Waals surface area contributed by atoms with Gasteiger partial charge in [0.15, 0.2) is 5.82 Å². The molecule has 0 radical (unpaired) electrons. The van der Waals surface area contributed by atoms with Crippen LogP contribution in [0.1, 0.15) is 29.3 Å². The van der Waals surface area contributed by atoms with Gasteiger partial charge in [-0.05, 0) is 42.3 Å². The molecule has 0 atom stereocenters. The van der Waals surface area contributed by atoms with E-state index in [2.05, 4.69) is 14.7 Å². The van der Waals surface area contributed by atoms with Crippen molar-refractivity contribution < 1.29 is 22.0 Å². The van der Waals surface area contributed by atoms with Gasteiger partial charge in [0.25, 0.3) is 0 Å². The normalized spacial score (nSPS) is 11.6. The lowest BCUT2D eigenvalue weighted by Gasteiger charge is -2.11. The van der Waals surface area contributed by atoms with Crippen molar-refractivity contribution in [1.29, 1.82) is 0 Å². The first kappa shape index (κ1) is 22.9. The van der Waals surface area contributed by atoms with Gasteiger partial charge in [-0.15, -0.1) is 0 Å². The van der Waals surface area contributed by atoms with Crippen molar-refractivity contribution in [3.05, 3.63) is 82.6 Å². The molecule has 2 aromatic carbocycles. The first-order valence-electron chi connectivity index (χ1n) is 9.96. The summed E-state index contributed by atoms with van der Waals surface area (Å²) < 4.78 is 55.8. The summed E-state index contributed by atoms with van der Waals surface area (Å²) in [7, 11) is -3.84. The molecule has 2 heterocycles. The molecule has 6 nitrogen and oxygen atoms in total. The number of anilines is 1. The Morgan fingerprint density at radius 2 is 1.94 bits per heavy atom. The highest BCUT2D eigenvalue weighted by atomic mass is 35.5. The van der Waals surface area contributed by atoms with Gasteiger partial charge in [0, 0.05) is 33.9 Å². The monoisotopic (exact) mass is 489 g/mol. The third-order valence-corrected chi connectivity index (χ3v) is 6.70. The first-order valence-corrected chi connectivity index (χ1v) is 12.0. The fourth-order valence-corrected chi connectivity index (χ4v) is 4.80. The molecule has 0 fully saturated rings. The van der Waals surface area contributed by atoms with Gasteiger partial charge in [0.1, 0.15) is 11.5 Å². The Kier molecular flexibility index (Phi) is 6.18. The number of hydrogen-bond acceptors (Lipinski definition) is 4. The Morgan fingerprint density at radius 1 is 1.15 bits per heavy atom. The summed E-state index contributed by atoms with van der Waals surface area (Å²) in [4.78, 5) is 20.3. The molecule has 0 unspecified atom stereocenters. The van der Waals surface area contributed by atoms with Gasteiger partial charge in [0.2, 0.25) is 15.8 Å². The second kappa shape index (κ2) is 8.92. The molecule has 170 valence electrons. The van der Waals surface area contributed by atoms with Crippen LogP contribution >= 0.6 is 11.6 Å². The number of fused-ring (bicyclic) bond motifs is 1. The topological polar surface area (TPSA) is 91.9 Å². The van der Waals surface area contributed by atoms with Crippen LogP contribution in [0.3, 0.4) is 0 Å². The van der Waals surface area contributed by atoms with E-state index in [-0.39, 0.29) is 11.3 Å². The Morgan fingerprint density at radius 3 is 2.67 bits per heavy atom. The van der Waals surface area contributed by atoms with Crippen molar-refractivity contribution in [2.24, 2.45) is 0 Å². The van der Waals surface area contributed by atoms with E-state index in [0.29, 0.717) is 28.0 Å². The number of benzene rings is 2. The van der Waals surface area contributed by atoms with Crippen molar-refractivity contribution in [2.45, 2.75) is 13.3 Å². The predicted octanol–water partition coefficient (Wildman–Crippen LogP) is 5.54. The lowest BCUT2D eigenvalue weighted by Crippen LogP contribution is -2.18. The average Bonchev–Trinajstić information content (AvgIpc) is 3.19. The number of halogens is 3. The molecule has 0 saturated carbocycles. The van der Waals surface area contributed by atoms with Gasteiger partial charge in [-0.25, -0.2) is 22.2 Å². The second-order valence-corrected chi connectivity index (χ2v) is 9.65. The minimum absolute atomic E-state index is 0.00672. The van der Waals surface area contributed by atoms with Crippen LogP contribution in [0.25, 0.3) is 22.2 Å². The maximum absolute atomic E-state index is 15.1. The average molecular weight is 490 g/mol. The van der Waals surface area contributed by atoms with Crippen molar-refractivity contribution in [3.63, 3.8) is 0 Å². The van der Waals surface area contributed by atoms with Crippen LogP contribution in [-0.2, 0) is 10.0 Å². The number of nitrogens with zero attached hydrogens (tertiary/aromatic N) is 1. The molecule has 0 aliphatic rings. The Hall–Kier alpha value is -3.30. The van der Waals surface area contributed by atoms with Gasteiger partial charge in [-0.3, -0.25) is 9.52 Å². The molecule has 4 aromatic rings. The zero-order valence-corrected chi connectivity index (χ0v) is 18.9. The van der Waals surface area contributed by atoms with Crippen LogP contribution in [0.2, 0.25) is 5.02 Å². The van der Waals surface area contributed by atoms with Crippen LogP contribution in [-0.4, -0.2) is 29.9 Å². The van der Waals surface area contributed by atoms with E-state index in [4.69, 9.17) is 11.6 Å². The number of carbonyl (C=O) groups excluding carboxylic acids is 1. The lowest BCUT2D eigenvalue weighted by molar-refractivity contribution is 0.103. The van der Waals surface area contributed by atoms with Crippen LogP contribution in [0, 0.1) is 11.6 Å². The minimum Gasteiger partial charge on any atom is -0.345 e. The number of ketones is 1. The van der Waals surface area contributed by atoms with Crippen LogP contribution in [0.5, 0.6) is 0 Å². The van der Waals surface area contributed by atoms with Gasteiger partial charge in [-0.2, -0.15) is 0 Å². The fourth-order valence-electron chi connectivity index (χ4n) is 3.48. The third-order valence-electron chi connectivity index (χ3n) is 4.99. The standard InChI is InChI=1S/C23H18ClF2N3O3S/c1-2-8-33(31,32)29-19-7-6-18(25)20(21(19)26)22(30)17-12-28-23-16(17)10-14(11-27-23)13-4-3-5-15(24)9-13/h3-7,9-12,29H,2,8H2,1H3,(H,27,28). The summed E-state index contributed by atoms with van der Waals surface area (Å²) in [6, 6.07) is 10.5. The van der Waals surface area contributed by atoms with Crippen molar-refractivity contribution in [1.82, 2.24) is 9.97 Å². The lowest BCUT2D eigenvalue weighted by atomic mass is 10.00. The van der Waals surface area contributed by atoms with Crippen molar-refractivity contribution in [3.8, 4) is 11.1 Å². The maximum atomic E-state index is 15.1. The molecular weight excluding hydrogens is 472 g/mol. The minimum atomic E-state index is -3.84. The number of rotatable bonds is 7. The largest absolute Gasteiger partial charge is 0.345 e. The molecule has 33 heavy (non-hydrogen) atoms. The van der Waals surface area contributed by atoms with E-state index in [9.17, 15) is 17.6 Å². The highest BCUT2D eigenvalue weighted by Crippen LogP contribution is 2.30. The maximum Gasteiger partial charge on any atom is 0.232 e. The summed E-state index contributed by atoms with van der Waals surface area (Å²) in [5.74, 6) is -3.58. The number of carbonyl (C=O) groups is 1. The Balaban J connectivity index is 1.79. The van der Waals surface area contributed by atoms with Gasteiger partial charge in [0.05, 0.1) is 17.0 Å². The second-order valence-electron chi connectivity index (χ2n) is 7.37. The molecule has 0 aliphatic heterocycles. The van der Waals surface area contributed by atoms with Crippen LogP contribution < -0.4 is 4.72 Å². The fraction of sp³-hybridized carbons (Fsp3) is 0.130. The predicted molar refractivity (Wildman–Crippen MR) is 124 cm³/mol. The van der Waals surface area contributed by atoms with E-state index in [1.165, 1.54) is 6.20 Å². The quantitative estimate of drug-likeness (QED) is 0.333. The van der Waals surface area contributed by atoms with Crippen LogP contribution in [0.15, 0.2) is 54.9 Å². The van der Waals surface area contributed by atoms with Crippen molar-refractivity contribution in [2.75, 3.05) is 10.5 Å². The summed E-state index contributed by atoms with van der Waals surface area (Å²) in [6.45, 7) is 1.65. The molecule has 2 aromatic heterocycles. The van der Waals surface area contributed by atoms with E-state index >= 15 is 4.39 Å².